The summed E-state index contributed by atoms with van der Waals surface area (Å²) >= 11 is 0. The third-order valence-corrected chi connectivity index (χ3v) is 5.35. The third-order valence-electron chi connectivity index (χ3n) is 5.35. The van der Waals surface area contributed by atoms with Crippen LogP contribution in [0.1, 0.15) is 42.5 Å². The molecule has 2 aromatic rings. The molecule has 1 aliphatic carbocycles. The summed E-state index contributed by atoms with van der Waals surface area (Å²) in [4.78, 5) is 42.8. The molecule has 1 N–H and O–H groups in total. The fourth-order valence-electron chi connectivity index (χ4n) is 3.85. The van der Waals surface area contributed by atoms with Crippen molar-refractivity contribution in [1.82, 2.24) is 9.55 Å². The minimum absolute atomic E-state index is 0.133. The molecule has 150 valence electrons. The maximum atomic E-state index is 13.3. The number of hydrogen-bond acceptors (Lipinski definition) is 6. The molecule has 0 amide bonds. The summed E-state index contributed by atoms with van der Waals surface area (Å²) in [6, 6.07) is 9.25. The molecule has 1 aromatic heterocycles. The highest BCUT2D eigenvalue weighted by Crippen LogP contribution is 2.24. The largest absolute Gasteiger partial charge is 0.511 e. The lowest BCUT2D eigenvalue weighted by molar-refractivity contribution is -0.116. The molecular formula is C22H22N2O5. The van der Waals surface area contributed by atoms with E-state index in [9.17, 15) is 19.5 Å². The number of benzene rings is 1. The van der Waals surface area contributed by atoms with E-state index in [1.807, 2.05) is 30.3 Å². The number of carbonyl (C=O) groups is 2. The fourth-order valence-corrected chi connectivity index (χ4v) is 3.85. The van der Waals surface area contributed by atoms with Gasteiger partial charge in [-0.25, -0.2) is 4.98 Å². The van der Waals surface area contributed by atoms with Crippen molar-refractivity contribution in [3.8, 4) is 11.4 Å². The number of allylic oxidation sites excluding steroid dienone is 2. The van der Waals surface area contributed by atoms with Crippen molar-refractivity contribution in [2.75, 3.05) is 6.61 Å². The zero-order valence-electron chi connectivity index (χ0n) is 16.0. The number of ketones is 2. The molecule has 1 aromatic carbocycles. The molecule has 0 spiro atoms. The van der Waals surface area contributed by atoms with Gasteiger partial charge in [0.05, 0.1) is 12.6 Å². The number of Topliss-reactive ketones (excluding diaryl/α,β-unsaturated/α-hetero) is 2. The Balaban J connectivity index is 1.81. The predicted molar refractivity (Wildman–Crippen MR) is 106 cm³/mol. The van der Waals surface area contributed by atoms with E-state index in [1.165, 1.54) is 10.8 Å². The van der Waals surface area contributed by atoms with Crippen LogP contribution in [0.15, 0.2) is 52.7 Å². The molecule has 0 saturated carbocycles. The van der Waals surface area contributed by atoms with Gasteiger partial charge in [-0.2, -0.15) is 0 Å². The van der Waals surface area contributed by atoms with E-state index < -0.39 is 17.1 Å². The van der Waals surface area contributed by atoms with Gasteiger partial charge in [0.2, 0.25) is 5.78 Å². The maximum Gasteiger partial charge on any atom is 0.265 e. The van der Waals surface area contributed by atoms with Crippen molar-refractivity contribution in [2.45, 2.75) is 44.8 Å². The highest BCUT2D eigenvalue weighted by atomic mass is 16.5. The number of aliphatic hydroxyl groups excluding tert-OH is 1. The molecule has 1 saturated heterocycles. The molecule has 0 radical (unpaired) electrons. The number of carbonyl (C=O) groups excluding carboxylic acids is 2. The lowest BCUT2D eigenvalue weighted by Gasteiger charge is -2.18. The second-order valence-electron chi connectivity index (χ2n) is 7.34. The minimum atomic E-state index is -0.759. The molecule has 0 bridgehead atoms. The summed E-state index contributed by atoms with van der Waals surface area (Å²) in [6.07, 6.45) is 3.75. The second-order valence-corrected chi connectivity index (χ2v) is 7.34. The average Bonchev–Trinajstić information content (AvgIpc) is 3.23. The zero-order chi connectivity index (χ0) is 20.4. The summed E-state index contributed by atoms with van der Waals surface area (Å²) in [5.41, 5.74) is -0.277. The van der Waals surface area contributed by atoms with E-state index in [1.54, 1.807) is 0 Å². The minimum Gasteiger partial charge on any atom is -0.511 e. The molecule has 29 heavy (non-hydrogen) atoms. The van der Waals surface area contributed by atoms with Crippen molar-refractivity contribution in [3.63, 3.8) is 0 Å². The highest BCUT2D eigenvalue weighted by Gasteiger charge is 2.30. The summed E-state index contributed by atoms with van der Waals surface area (Å²) in [7, 11) is 0. The van der Waals surface area contributed by atoms with E-state index in [2.05, 4.69) is 4.98 Å². The number of nitrogens with zero attached hydrogens (tertiary/aromatic N) is 2. The topological polar surface area (TPSA) is 98.5 Å². The van der Waals surface area contributed by atoms with Crippen LogP contribution in [0.3, 0.4) is 0 Å². The number of aliphatic hydroxyl groups is 1. The van der Waals surface area contributed by atoms with Crippen LogP contribution in [0.5, 0.6) is 0 Å². The Morgan fingerprint density at radius 3 is 2.66 bits per heavy atom. The standard InChI is InChI=1S/C22H22N2O5/c25-17-9-4-10-18(26)19(17)20(27)16-12-23-21(14-6-2-1-3-7-14)24(22(16)28)13-15-8-5-11-29-15/h1-3,6-7,12,15,25H,4-5,8-11,13H2. The first-order chi connectivity index (χ1) is 14.1. The van der Waals surface area contributed by atoms with Gasteiger partial charge in [-0.3, -0.25) is 19.0 Å². The molecule has 7 nitrogen and oxygen atoms in total. The van der Waals surface area contributed by atoms with E-state index in [4.69, 9.17) is 4.74 Å². The predicted octanol–water partition coefficient (Wildman–Crippen LogP) is 2.84. The van der Waals surface area contributed by atoms with Crippen molar-refractivity contribution < 1.29 is 19.4 Å². The zero-order valence-corrected chi connectivity index (χ0v) is 16.0. The summed E-state index contributed by atoms with van der Waals surface area (Å²) in [5.74, 6) is -0.999. The van der Waals surface area contributed by atoms with Crippen LogP contribution in [0.25, 0.3) is 11.4 Å². The SMILES string of the molecule is O=C1CCCC(O)=C1C(=O)c1cnc(-c2ccccc2)n(CC2CCCO2)c1=O. The number of rotatable bonds is 5. The van der Waals surface area contributed by atoms with Crippen LogP contribution in [-0.2, 0) is 16.1 Å². The summed E-state index contributed by atoms with van der Waals surface area (Å²) in [6.45, 7) is 0.914. The summed E-state index contributed by atoms with van der Waals surface area (Å²) < 4.78 is 7.13. The Bertz CT molecular complexity index is 1030. The van der Waals surface area contributed by atoms with Gasteiger partial charge in [0.25, 0.3) is 5.56 Å². The van der Waals surface area contributed by atoms with E-state index >= 15 is 0 Å². The molecule has 4 rings (SSSR count). The Hall–Kier alpha value is -3.06. The Kier molecular flexibility index (Phi) is 5.40. The van der Waals surface area contributed by atoms with Crippen molar-refractivity contribution >= 4 is 11.6 Å². The molecule has 7 heteroatoms. The van der Waals surface area contributed by atoms with Gasteiger partial charge >= 0.3 is 0 Å². The van der Waals surface area contributed by atoms with Crippen LogP contribution in [0.2, 0.25) is 0 Å². The first-order valence-electron chi connectivity index (χ1n) is 9.83. The molecule has 1 atom stereocenters. The van der Waals surface area contributed by atoms with Gasteiger partial charge in [-0.05, 0) is 19.3 Å². The van der Waals surface area contributed by atoms with Gasteiger partial charge in [0, 0.05) is 31.2 Å². The Morgan fingerprint density at radius 1 is 1.17 bits per heavy atom. The molecule has 1 aliphatic heterocycles. The molecular weight excluding hydrogens is 372 g/mol. The summed E-state index contributed by atoms with van der Waals surface area (Å²) in [5, 5.41) is 10.1. The third kappa shape index (κ3) is 3.78. The van der Waals surface area contributed by atoms with Crippen molar-refractivity contribution in [2.24, 2.45) is 0 Å². The lowest BCUT2D eigenvalue weighted by Crippen LogP contribution is -2.34. The maximum absolute atomic E-state index is 13.3. The lowest BCUT2D eigenvalue weighted by atomic mass is 9.91. The number of aromatic nitrogens is 2. The smallest absolute Gasteiger partial charge is 0.265 e. The van der Waals surface area contributed by atoms with Crippen LogP contribution in [0, 0.1) is 0 Å². The quantitative estimate of drug-likeness (QED) is 0.618. The van der Waals surface area contributed by atoms with Gasteiger partial charge in [-0.15, -0.1) is 0 Å². The van der Waals surface area contributed by atoms with Crippen molar-refractivity contribution in [3.05, 3.63) is 63.8 Å². The van der Waals surface area contributed by atoms with E-state index in [0.717, 1.165) is 18.4 Å². The average molecular weight is 394 g/mol. The monoisotopic (exact) mass is 394 g/mol. The van der Waals surface area contributed by atoms with Crippen LogP contribution in [-0.4, -0.2) is 38.9 Å². The van der Waals surface area contributed by atoms with E-state index in [-0.39, 0.29) is 42.4 Å². The number of ether oxygens (including phenoxy) is 1. The van der Waals surface area contributed by atoms with Crippen LogP contribution >= 0.6 is 0 Å². The Morgan fingerprint density at radius 2 is 1.97 bits per heavy atom. The second kappa shape index (κ2) is 8.13. The first kappa shape index (κ1) is 19.3. The normalized spacial score (nSPS) is 19.6. The van der Waals surface area contributed by atoms with Crippen LogP contribution < -0.4 is 5.56 Å². The van der Waals surface area contributed by atoms with Gasteiger partial charge in [0.15, 0.2) is 5.78 Å². The van der Waals surface area contributed by atoms with Gasteiger partial charge < -0.3 is 9.84 Å². The molecule has 1 fully saturated rings. The molecule has 2 heterocycles. The molecule has 1 unspecified atom stereocenters. The molecule has 2 aliphatic rings. The van der Waals surface area contributed by atoms with Gasteiger partial charge in [0.1, 0.15) is 22.7 Å². The Labute approximate surface area is 167 Å². The fraction of sp³-hybridized carbons (Fsp3) is 0.364. The van der Waals surface area contributed by atoms with Crippen LogP contribution in [0.4, 0.5) is 0 Å². The first-order valence-corrected chi connectivity index (χ1v) is 9.83. The highest BCUT2D eigenvalue weighted by molar-refractivity contribution is 6.26. The van der Waals surface area contributed by atoms with Gasteiger partial charge in [-0.1, -0.05) is 30.3 Å². The van der Waals surface area contributed by atoms with Crippen molar-refractivity contribution in [1.29, 1.82) is 0 Å². The number of hydrogen-bond donors (Lipinski definition) is 1. The van der Waals surface area contributed by atoms with E-state index in [0.29, 0.717) is 18.9 Å².